The lowest BCUT2D eigenvalue weighted by atomic mass is 10.1. The summed E-state index contributed by atoms with van der Waals surface area (Å²) in [7, 11) is 0. The number of carbonyl (C=O) groups excluding carboxylic acids is 3. The first-order valence-electron chi connectivity index (χ1n) is 13.6. The van der Waals surface area contributed by atoms with Gasteiger partial charge in [0.05, 0.1) is 12.1 Å². The molecule has 0 aliphatic heterocycles. The van der Waals surface area contributed by atoms with Crippen LogP contribution in [0.4, 0.5) is 18.9 Å². The number of carbonyl (C=O) groups is 3. The molecule has 3 amide bonds. The minimum Gasteiger partial charge on any atom is -0.385 e. The summed E-state index contributed by atoms with van der Waals surface area (Å²) in [5, 5.41) is 13.9. The molecule has 0 aliphatic carbocycles. The van der Waals surface area contributed by atoms with Gasteiger partial charge in [0.15, 0.2) is 0 Å². The molecule has 0 saturated carbocycles. The van der Waals surface area contributed by atoms with Gasteiger partial charge in [-0.2, -0.15) is 13.2 Å². The van der Waals surface area contributed by atoms with Crippen LogP contribution in [0.5, 0.6) is 0 Å². The van der Waals surface area contributed by atoms with Crippen LogP contribution in [-0.2, 0) is 22.3 Å². The molecule has 0 radical (unpaired) electrons. The zero-order valence-corrected chi connectivity index (χ0v) is 24.8. The monoisotopic (exact) mass is 577 g/mol. The van der Waals surface area contributed by atoms with Crippen molar-refractivity contribution in [1.29, 1.82) is 0 Å². The van der Waals surface area contributed by atoms with E-state index in [4.69, 9.17) is 0 Å². The van der Waals surface area contributed by atoms with Crippen molar-refractivity contribution in [3.63, 3.8) is 0 Å². The Bertz CT molecular complexity index is 1220. The largest absolute Gasteiger partial charge is 0.416 e. The maximum Gasteiger partial charge on any atom is 0.416 e. The van der Waals surface area contributed by atoms with Gasteiger partial charge in [-0.15, -0.1) is 0 Å². The van der Waals surface area contributed by atoms with Gasteiger partial charge < -0.3 is 26.6 Å². The molecule has 226 valence electrons. The second-order valence-corrected chi connectivity index (χ2v) is 11.7. The molecular weight excluding hydrogens is 535 g/mol. The molecule has 2 aromatic rings. The van der Waals surface area contributed by atoms with Gasteiger partial charge in [-0.1, -0.05) is 37.6 Å². The fraction of sp³-hybridized carbons (Fsp3) is 0.500. The van der Waals surface area contributed by atoms with E-state index in [9.17, 15) is 27.6 Å². The van der Waals surface area contributed by atoms with Crippen LogP contribution in [0.2, 0.25) is 0 Å². The highest BCUT2D eigenvalue weighted by Gasteiger charge is 2.32. The maximum absolute atomic E-state index is 13.4. The highest BCUT2D eigenvalue weighted by Crippen LogP contribution is 2.32. The van der Waals surface area contributed by atoms with Crippen molar-refractivity contribution in [2.24, 2.45) is 5.92 Å². The van der Waals surface area contributed by atoms with Crippen molar-refractivity contribution in [3.05, 3.63) is 64.2 Å². The van der Waals surface area contributed by atoms with Gasteiger partial charge in [-0.3, -0.25) is 14.4 Å². The third kappa shape index (κ3) is 11.8. The lowest BCUT2D eigenvalue weighted by Crippen LogP contribution is -2.56. The van der Waals surface area contributed by atoms with Crippen molar-refractivity contribution in [1.82, 2.24) is 21.3 Å². The third-order valence-electron chi connectivity index (χ3n) is 5.96. The minimum atomic E-state index is -4.65. The molecule has 2 rings (SSSR count). The van der Waals surface area contributed by atoms with Crippen LogP contribution < -0.4 is 26.6 Å². The number of nitrogens with one attached hydrogen (secondary N) is 5. The summed E-state index contributed by atoms with van der Waals surface area (Å²) in [6, 6.07) is 8.07. The quantitative estimate of drug-likeness (QED) is 0.258. The van der Waals surface area contributed by atoms with Gasteiger partial charge in [0.25, 0.3) is 5.91 Å². The molecule has 0 aromatic heterocycles. The first-order valence-corrected chi connectivity index (χ1v) is 13.6. The second kappa shape index (κ2) is 14.3. The summed E-state index contributed by atoms with van der Waals surface area (Å²) in [6.45, 7) is 13.7. The van der Waals surface area contributed by atoms with Crippen molar-refractivity contribution in [2.75, 3.05) is 25.0 Å². The van der Waals surface area contributed by atoms with E-state index < -0.39 is 47.6 Å². The topological polar surface area (TPSA) is 111 Å². The molecule has 0 spiro atoms. The molecule has 0 aliphatic rings. The molecule has 5 N–H and O–H groups in total. The highest BCUT2D eigenvalue weighted by atomic mass is 19.4. The van der Waals surface area contributed by atoms with Gasteiger partial charge in [-0.05, 0) is 69.9 Å². The predicted molar refractivity (Wildman–Crippen MR) is 155 cm³/mol. The van der Waals surface area contributed by atoms with Crippen molar-refractivity contribution < 1.29 is 27.6 Å². The van der Waals surface area contributed by atoms with E-state index in [0.717, 1.165) is 28.8 Å². The van der Waals surface area contributed by atoms with Gasteiger partial charge in [0.2, 0.25) is 11.8 Å². The molecule has 0 fully saturated rings. The summed E-state index contributed by atoms with van der Waals surface area (Å²) < 4.78 is 40.3. The molecular formula is C30H42F3N5O3. The predicted octanol–water partition coefficient (Wildman–Crippen LogP) is 4.31. The number of aryl methyl sites for hydroxylation is 2. The SMILES string of the molecule is Cc1ccc(CNCC(NC(=O)CNC(=O)c2cc(NCC(C)C)cc(C(F)(F)F)c2)C(=O)NC(C)(C)C)c(C)c1. The average molecular weight is 578 g/mol. The Balaban J connectivity index is 2.08. The summed E-state index contributed by atoms with van der Waals surface area (Å²) in [4.78, 5) is 38.4. The van der Waals surface area contributed by atoms with E-state index in [1.165, 1.54) is 6.07 Å². The summed E-state index contributed by atoms with van der Waals surface area (Å²) in [6.07, 6.45) is -4.65. The lowest BCUT2D eigenvalue weighted by molar-refractivity contribution is -0.137. The van der Waals surface area contributed by atoms with Crippen LogP contribution in [0.25, 0.3) is 0 Å². The normalized spacial score (nSPS) is 12.6. The Morgan fingerprint density at radius 2 is 1.61 bits per heavy atom. The Morgan fingerprint density at radius 1 is 0.927 bits per heavy atom. The van der Waals surface area contributed by atoms with Gasteiger partial charge in [0.1, 0.15) is 6.04 Å². The molecule has 8 nitrogen and oxygen atoms in total. The van der Waals surface area contributed by atoms with E-state index in [1.54, 1.807) is 0 Å². The highest BCUT2D eigenvalue weighted by molar-refractivity contribution is 5.98. The van der Waals surface area contributed by atoms with Crippen molar-refractivity contribution in [2.45, 2.75) is 72.8 Å². The second-order valence-electron chi connectivity index (χ2n) is 11.7. The Labute approximate surface area is 240 Å². The van der Waals surface area contributed by atoms with E-state index in [1.807, 2.05) is 60.6 Å². The van der Waals surface area contributed by atoms with Crippen LogP contribution in [-0.4, -0.2) is 48.9 Å². The summed E-state index contributed by atoms with van der Waals surface area (Å²) in [5.74, 6) is -1.75. The Morgan fingerprint density at radius 3 is 2.20 bits per heavy atom. The number of rotatable bonds is 12. The zero-order valence-electron chi connectivity index (χ0n) is 24.8. The van der Waals surface area contributed by atoms with Gasteiger partial charge >= 0.3 is 6.18 Å². The summed E-state index contributed by atoms with van der Waals surface area (Å²) in [5.41, 5.74) is 1.66. The molecule has 0 heterocycles. The number of hydrogen-bond donors (Lipinski definition) is 5. The lowest BCUT2D eigenvalue weighted by Gasteiger charge is -2.26. The smallest absolute Gasteiger partial charge is 0.385 e. The molecule has 0 bridgehead atoms. The molecule has 0 saturated heterocycles. The van der Waals surface area contributed by atoms with Crippen LogP contribution in [0.3, 0.4) is 0 Å². The summed E-state index contributed by atoms with van der Waals surface area (Å²) >= 11 is 0. The Hall–Kier alpha value is -3.60. The molecule has 41 heavy (non-hydrogen) atoms. The number of amides is 3. The number of benzene rings is 2. The van der Waals surface area contributed by atoms with Crippen LogP contribution in [0.15, 0.2) is 36.4 Å². The minimum absolute atomic E-state index is 0.118. The van der Waals surface area contributed by atoms with Crippen LogP contribution in [0, 0.1) is 19.8 Å². The van der Waals surface area contributed by atoms with E-state index in [2.05, 4.69) is 32.7 Å². The standard InChI is InChI=1S/C30H42F3N5O3/c1-18(2)14-35-24-12-22(11-23(13-24)30(31,32)33)27(40)36-17-26(39)37-25(28(41)38-29(5,6)7)16-34-15-21-9-8-19(3)10-20(21)4/h8-13,18,25,34-35H,14-17H2,1-7H3,(H,36,40)(H,37,39)(H,38,41). The van der Waals surface area contributed by atoms with E-state index in [-0.39, 0.29) is 23.7 Å². The fourth-order valence-corrected chi connectivity index (χ4v) is 3.92. The first-order chi connectivity index (χ1) is 18.9. The molecule has 2 aromatic carbocycles. The number of halogens is 3. The van der Waals surface area contributed by atoms with E-state index >= 15 is 0 Å². The number of anilines is 1. The third-order valence-corrected chi connectivity index (χ3v) is 5.96. The fourth-order valence-electron chi connectivity index (χ4n) is 3.92. The van der Waals surface area contributed by atoms with Gasteiger partial charge in [0, 0.05) is 36.4 Å². The number of hydrogen-bond acceptors (Lipinski definition) is 5. The zero-order chi connectivity index (χ0) is 31.0. The van der Waals surface area contributed by atoms with Crippen LogP contribution >= 0.6 is 0 Å². The van der Waals surface area contributed by atoms with E-state index in [0.29, 0.717) is 13.1 Å². The van der Waals surface area contributed by atoms with Crippen molar-refractivity contribution in [3.8, 4) is 0 Å². The first kappa shape index (κ1) is 33.6. The van der Waals surface area contributed by atoms with Gasteiger partial charge in [-0.25, -0.2) is 0 Å². The average Bonchev–Trinajstić information content (AvgIpc) is 2.84. The Kier molecular flexibility index (Phi) is 11.8. The molecule has 1 unspecified atom stereocenters. The van der Waals surface area contributed by atoms with Crippen LogP contribution in [0.1, 0.15) is 67.2 Å². The number of alkyl halides is 3. The molecule has 11 heteroatoms. The maximum atomic E-state index is 13.4. The van der Waals surface area contributed by atoms with Crippen molar-refractivity contribution >= 4 is 23.4 Å². The molecule has 1 atom stereocenters.